The van der Waals surface area contributed by atoms with Crippen LogP contribution in [0.4, 0.5) is 0 Å². The molecular weight excluding hydrogens is 935 g/mol. The fourth-order valence-corrected chi connectivity index (χ4v) is 11.2. The van der Waals surface area contributed by atoms with Gasteiger partial charge in [0.05, 0.1) is 25.4 Å². The Hall–Kier alpha value is -1.40. The van der Waals surface area contributed by atoms with E-state index >= 15 is 0 Å². The molecule has 0 saturated carbocycles. The second-order valence-electron chi connectivity index (χ2n) is 24.2. The SMILES string of the molecule is CCCCCCCCCCCCCCCCCCCCC(=O)OCCCCCCCCCCCCCC/C=C\CCCCCCCCCCCCCCCCC(=O)NC(CO)C(O)CCCCCCCCCCCCC. The molecule has 0 bridgehead atoms. The van der Waals surface area contributed by atoms with Crippen LogP contribution in [0.1, 0.15) is 399 Å². The van der Waals surface area contributed by atoms with Crippen LogP contribution in [0.15, 0.2) is 12.2 Å². The van der Waals surface area contributed by atoms with Gasteiger partial charge in [-0.05, 0) is 51.4 Å². The number of aliphatic hydroxyl groups is 2. The minimum absolute atomic E-state index is 0.0224. The van der Waals surface area contributed by atoms with E-state index in [9.17, 15) is 19.8 Å². The van der Waals surface area contributed by atoms with Crippen LogP contribution >= 0.6 is 0 Å². The average Bonchev–Trinajstić information content (AvgIpc) is 3.42. The first-order valence-electron chi connectivity index (χ1n) is 34.9. The summed E-state index contributed by atoms with van der Waals surface area (Å²) < 4.78 is 5.51. The average molecular weight is 1070 g/mol. The molecule has 0 heterocycles. The molecule has 0 aromatic heterocycles. The van der Waals surface area contributed by atoms with Crippen LogP contribution in [0.3, 0.4) is 0 Å². The summed E-state index contributed by atoms with van der Waals surface area (Å²) in [6.45, 7) is 4.98. The van der Waals surface area contributed by atoms with Crippen LogP contribution in [-0.2, 0) is 14.3 Å². The summed E-state index contributed by atoms with van der Waals surface area (Å²) in [5.41, 5.74) is 0. The molecule has 0 saturated heterocycles. The summed E-state index contributed by atoms with van der Waals surface area (Å²) in [6.07, 6.45) is 81.3. The number of ether oxygens (including phenoxy) is 1. The van der Waals surface area contributed by atoms with E-state index in [0.717, 1.165) is 38.5 Å². The number of amides is 1. The van der Waals surface area contributed by atoms with E-state index in [-0.39, 0.29) is 18.5 Å². The molecule has 3 N–H and O–H groups in total. The number of carbonyl (C=O) groups excluding carboxylic acids is 2. The molecule has 0 aromatic carbocycles. The Bertz CT molecular complexity index is 1140. The highest BCUT2D eigenvalue weighted by Gasteiger charge is 2.20. The normalized spacial score (nSPS) is 12.5. The summed E-state index contributed by atoms with van der Waals surface area (Å²) in [5.74, 6) is -0.00998. The quantitative estimate of drug-likeness (QED) is 0.0320. The molecule has 0 radical (unpaired) electrons. The van der Waals surface area contributed by atoms with Gasteiger partial charge in [-0.25, -0.2) is 0 Å². The standard InChI is InChI=1S/C70H137NO5/c1-3-5-7-9-11-13-15-16-17-18-34-37-40-44-48-52-56-60-64-70(75)76-65-61-57-53-49-45-41-38-35-32-30-28-26-24-22-20-19-21-23-25-27-29-31-33-36-39-43-47-51-55-59-63-69(74)71-67(66-72)68(73)62-58-54-50-46-42-14-12-10-8-6-4-2/h20,22,67-68,72-73H,3-19,21,23-66H2,1-2H3,(H,71,74)/b22-20-. The van der Waals surface area contributed by atoms with Gasteiger partial charge >= 0.3 is 5.97 Å². The predicted molar refractivity (Wildman–Crippen MR) is 333 cm³/mol. The van der Waals surface area contributed by atoms with Crippen LogP contribution < -0.4 is 5.32 Å². The Morgan fingerprint density at radius 2 is 0.618 bits per heavy atom. The van der Waals surface area contributed by atoms with Crippen molar-refractivity contribution in [2.24, 2.45) is 0 Å². The lowest BCUT2D eigenvalue weighted by Gasteiger charge is -2.22. The summed E-state index contributed by atoms with van der Waals surface area (Å²) in [6, 6.07) is -0.538. The van der Waals surface area contributed by atoms with Gasteiger partial charge in [-0.1, -0.05) is 347 Å². The van der Waals surface area contributed by atoms with Crippen LogP contribution in [0.5, 0.6) is 0 Å². The highest BCUT2D eigenvalue weighted by Crippen LogP contribution is 2.19. The number of hydrogen-bond acceptors (Lipinski definition) is 5. The third kappa shape index (κ3) is 61.8. The van der Waals surface area contributed by atoms with Gasteiger partial charge in [-0.15, -0.1) is 0 Å². The van der Waals surface area contributed by atoms with Gasteiger partial charge in [0.1, 0.15) is 0 Å². The van der Waals surface area contributed by atoms with E-state index in [1.807, 2.05) is 0 Å². The predicted octanol–water partition coefficient (Wildman–Crippen LogP) is 22.4. The number of aliphatic hydroxyl groups excluding tert-OH is 2. The maximum atomic E-state index is 12.5. The highest BCUT2D eigenvalue weighted by atomic mass is 16.5. The van der Waals surface area contributed by atoms with Crippen molar-refractivity contribution in [3.05, 3.63) is 12.2 Å². The monoisotopic (exact) mass is 1070 g/mol. The van der Waals surface area contributed by atoms with Crippen molar-refractivity contribution in [3.63, 3.8) is 0 Å². The van der Waals surface area contributed by atoms with Gasteiger partial charge in [0.15, 0.2) is 0 Å². The number of carbonyl (C=O) groups is 2. The first-order chi connectivity index (χ1) is 37.5. The summed E-state index contributed by atoms with van der Waals surface area (Å²) in [4.78, 5) is 24.6. The zero-order chi connectivity index (χ0) is 55.0. The Kier molecular flexibility index (Phi) is 64.9. The van der Waals surface area contributed by atoms with E-state index in [0.29, 0.717) is 25.9 Å². The summed E-state index contributed by atoms with van der Waals surface area (Å²) in [7, 11) is 0. The van der Waals surface area contributed by atoms with Crippen molar-refractivity contribution in [1.82, 2.24) is 5.32 Å². The minimum Gasteiger partial charge on any atom is -0.466 e. The van der Waals surface area contributed by atoms with Gasteiger partial charge in [-0.2, -0.15) is 0 Å². The number of esters is 1. The lowest BCUT2D eigenvalue weighted by molar-refractivity contribution is -0.143. The molecular formula is C70H137NO5. The van der Waals surface area contributed by atoms with Gasteiger partial charge in [0, 0.05) is 12.8 Å². The van der Waals surface area contributed by atoms with E-state index in [2.05, 4.69) is 31.3 Å². The second kappa shape index (κ2) is 66.1. The van der Waals surface area contributed by atoms with Crippen molar-refractivity contribution >= 4 is 11.9 Å². The summed E-state index contributed by atoms with van der Waals surface area (Å²) in [5, 5.41) is 23.2. The van der Waals surface area contributed by atoms with Gasteiger partial charge in [-0.3, -0.25) is 9.59 Å². The zero-order valence-corrected chi connectivity index (χ0v) is 51.8. The Balaban J connectivity index is 3.32. The van der Waals surface area contributed by atoms with Crippen LogP contribution in [0.25, 0.3) is 0 Å². The second-order valence-corrected chi connectivity index (χ2v) is 24.2. The lowest BCUT2D eigenvalue weighted by Crippen LogP contribution is -2.45. The van der Waals surface area contributed by atoms with Crippen molar-refractivity contribution in [3.8, 4) is 0 Å². The Morgan fingerprint density at radius 3 is 0.934 bits per heavy atom. The molecule has 0 fully saturated rings. The maximum absolute atomic E-state index is 12.5. The largest absolute Gasteiger partial charge is 0.466 e. The van der Waals surface area contributed by atoms with Gasteiger partial charge < -0.3 is 20.3 Å². The number of allylic oxidation sites excluding steroid dienone is 2. The first kappa shape index (κ1) is 74.6. The Labute approximate surface area is 476 Å². The van der Waals surface area contributed by atoms with Crippen LogP contribution in [0.2, 0.25) is 0 Å². The number of nitrogens with one attached hydrogen (secondary N) is 1. The zero-order valence-electron chi connectivity index (χ0n) is 51.8. The highest BCUT2D eigenvalue weighted by molar-refractivity contribution is 5.76. The number of unbranched alkanes of at least 4 members (excludes halogenated alkanes) is 53. The molecule has 1 amide bonds. The van der Waals surface area contributed by atoms with E-state index in [1.165, 1.54) is 327 Å². The molecule has 0 aliphatic heterocycles. The van der Waals surface area contributed by atoms with Crippen LogP contribution in [-0.4, -0.2) is 47.4 Å². The molecule has 0 rings (SSSR count). The molecule has 0 aromatic rings. The molecule has 0 aliphatic carbocycles. The van der Waals surface area contributed by atoms with Crippen LogP contribution in [0, 0.1) is 0 Å². The maximum Gasteiger partial charge on any atom is 0.305 e. The van der Waals surface area contributed by atoms with E-state index in [4.69, 9.17) is 4.74 Å². The van der Waals surface area contributed by atoms with Crippen molar-refractivity contribution < 1.29 is 24.5 Å². The molecule has 76 heavy (non-hydrogen) atoms. The third-order valence-electron chi connectivity index (χ3n) is 16.6. The molecule has 2 atom stereocenters. The molecule has 6 heteroatoms. The molecule has 2 unspecified atom stereocenters. The summed E-state index contributed by atoms with van der Waals surface area (Å²) >= 11 is 0. The molecule has 0 aliphatic rings. The molecule has 6 nitrogen and oxygen atoms in total. The van der Waals surface area contributed by atoms with Crippen molar-refractivity contribution in [2.45, 2.75) is 411 Å². The van der Waals surface area contributed by atoms with E-state index in [1.54, 1.807) is 0 Å². The Morgan fingerprint density at radius 1 is 0.355 bits per heavy atom. The van der Waals surface area contributed by atoms with E-state index < -0.39 is 12.1 Å². The van der Waals surface area contributed by atoms with Gasteiger partial charge in [0.2, 0.25) is 5.91 Å². The van der Waals surface area contributed by atoms with Crippen molar-refractivity contribution in [1.29, 1.82) is 0 Å². The fourth-order valence-electron chi connectivity index (χ4n) is 11.2. The topological polar surface area (TPSA) is 95.9 Å². The van der Waals surface area contributed by atoms with Gasteiger partial charge in [0.25, 0.3) is 0 Å². The number of hydrogen-bond donors (Lipinski definition) is 3. The third-order valence-corrected chi connectivity index (χ3v) is 16.6. The number of rotatable bonds is 66. The van der Waals surface area contributed by atoms with Crippen molar-refractivity contribution in [2.75, 3.05) is 13.2 Å². The molecule has 452 valence electrons. The smallest absolute Gasteiger partial charge is 0.305 e. The fraction of sp³-hybridized carbons (Fsp3) is 0.943. The minimum atomic E-state index is -0.661. The lowest BCUT2D eigenvalue weighted by atomic mass is 10.0. The molecule has 0 spiro atoms. The first-order valence-corrected chi connectivity index (χ1v) is 34.9.